The van der Waals surface area contributed by atoms with Crippen molar-refractivity contribution in [3.63, 3.8) is 0 Å². The van der Waals surface area contributed by atoms with Crippen LogP contribution in [0.2, 0.25) is 0 Å². The van der Waals surface area contributed by atoms with E-state index in [-0.39, 0.29) is 9.75 Å². The number of allylic oxidation sites excluding steroid dienone is 2. The van der Waals surface area contributed by atoms with Crippen molar-refractivity contribution in [1.82, 2.24) is 0 Å². The van der Waals surface area contributed by atoms with Gasteiger partial charge in [0.2, 0.25) is 0 Å². The Morgan fingerprint density at radius 3 is 2.75 bits per heavy atom. The van der Waals surface area contributed by atoms with Crippen molar-refractivity contribution in [1.29, 1.82) is 0 Å². The third-order valence-electron chi connectivity index (χ3n) is 5.02. The van der Waals surface area contributed by atoms with E-state index in [0.717, 1.165) is 12.8 Å². The first-order chi connectivity index (χ1) is 7.67. The van der Waals surface area contributed by atoms with Crippen molar-refractivity contribution in [2.75, 3.05) is 0 Å². The fourth-order valence-corrected chi connectivity index (χ4v) is 5.20. The second kappa shape index (κ2) is 3.92. The number of halogens is 2. The second-order valence-corrected chi connectivity index (χ2v) is 7.10. The zero-order valence-corrected chi connectivity index (χ0v) is 11.3. The predicted molar refractivity (Wildman–Crippen MR) is 70.3 cm³/mol. The Hall–Kier alpha value is 0.320. The molecule has 16 heavy (non-hydrogen) atoms. The van der Waals surface area contributed by atoms with E-state index in [0.29, 0.717) is 5.92 Å². The molecule has 3 aliphatic rings. The summed E-state index contributed by atoms with van der Waals surface area (Å²) in [7, 11) is 0. The molecule has 0 bridgehead atoms. The van der Waals surface area contributed by atoms with Crippen LogP contribution in [0.5, 0.6) is 0 Å². The topological polar surface area (TPSA) is 0 Å². The third-order valence-corrected chi connectivity index (χ3v) is 6.71. The number of alkyl halides is 2. The zero-order chi connectivity index (χ0) is 11.2. The zero-order valence-electron chi connectivity index (χ0n) is 9.77. The van der Waals surface area contributed by atoms with Crippen LogP contribution in [0.4, 0.5) is 0 Å². The van der Waals surface area contributed by atoms with Gasteiger partial charge in [-0.3, -0.25) is 0 Å². The molecule has 3 unspecified atom stereocenters. The average Bonchev–Trinajstić information content (AvgIpc) is 2.29. The lowest BCUT2D eigenvalue weighted by molar-refractivity contribution is 0.192. The van der Waals surface area contributed by atoms with Crippen molar-refractivity contribution in [3.05, 3.63) is 11.6 Å². The standard InChI is InChI=1S/C14H20Cl2/c15-13-9-3-1-5-11(13)7-8-12-6-2-4-10-14(12,13)16/h7,12H,1-6,8-10H2. The first-order valence-electron chi connectivity index (χ1n) is 6.74. The first-order valence-corrected chi connectivity index (χ1v) is 7.50. The molecule has 0 spiro atoms. The molecular formula is C14H20Cl2. The number of fused-ring (bicyclic) bond motifs is 3. The Balaban J connectivity index is 2.02. The van der Waals surface area contributed by atoms with E-state index in [1.54, 1.807) is 0 Å². The summed E-state index contributed by atoms with van der Waals surface area (Å²) >= 11 is 14.0. The molecule has 0 amide bonds. The summed E-state index contributed by atoms with van der Waals surface area (Å²) < 4.78 is 0. The monoisotopic (exact) mass is 258 g/mol. The summed E-state index contributed by atoms with van der Waals surface area (Å²) in [6, 6.07) is 0. The van der Waals surface area contributed by atoms with Crippen LogP contribution < -0.4 is 0 Å². The van der Waals surface area contributed by atoms with Gasteiger partial charge in [-0.15, -0.1) is 23.2 Å². The summed E-state index contributed by atoms with van der Waals surface area (Å²) in [5.41, 5.74) is 1.47. The SMILES string of the molecule is ClC12CCCCC1=CCC1CCCCC12Cl. The lowest BCUT2D eigenvalue weighted by Gasteiger charge is -2.55. The predicted octanol–water partition coefficient (Wildman–Crippen LogP) is 5.04. The van der Waals surface area contributed by atoms with E-state index < -0.39 is 0 Å². The van der Waals surface area contributed by atoms with Gasteiger partial charge in [-0.1, -0.05) is 30.9 Å². The van der Waals surface area contributed by atoms with Gasteiger partial charge < -0.3 is 0 Å². The van der Waals surface area contributed by atoms with Crippen molar-refractivity contribution in [2.45, 2.75) is 67.5 Å². The highest BCUT2D eigenvalue weighted by Crippen LogP contribution is 2.60. The summed E-state index contributed by atoms with van der Waals surface area (Å²) in [5.74, 6) is 0.627. The minimum atomic E-state index is -0.198. The second-order valence-electron chi connectivity index (χ2n) is 5.78. The maximum absolute atomic E-state index is 7.02. The van der Waals surface area contributed by atoms with Crippen LogP contribution in [0.1, 0.15) is 57.8 Å². The summed E-state index contributed by atoms with van der Waals surface area (Å²) in [4.78, 5) is -0.326. The Morgan fingerprint density at radius 2 is 1.88 bits per heavy atom. The molecule has 2 fully saturated rings. The Labute approximate surface area is 108 Å². The quantitative estimate of drug-likeness (QED) is 0.422. The molecule has 90 valence electrons. The van der Waals surface area contributed by atoms with Crippen LogP contribution in [0.25, 0.3) is 0 Å². The normalized spacial score (nSPS) is 47.9. The summed E-state index contributed by atoms with van der Waals surface area (Å²) in [6.45, 7) is 0. The van der Waals surface area contributed by atoms with E-state index in [1.807, 2.05) is 0 Å². The van der Waals surface area contributed by atoms with E-state index in [4.69, 9.17) is 23.2 Å². The first kappa shape index (κ1) is 11.4. The van der Waals surface area contributed by atoms with Gasteiger partial charge in [-0.2, -0.15) is 0 Å². The number of hydrogen-bond donors (Lipinski definition) is 0. The van der Waals surface area contributed by atoms with Crippen LogP contribution in [0.15, 0.2) is 11.6 Å². The maximum Gasteiger partial charge on any atom is 0.0849 e. The largest absolute Gasteiger partial charge is 0.117 e. The van der Waals surface area contributed by atoms with Crippen molar-refractivity contribution < 1.29 is 0 Å². The third kappa shape index (κ3) is 1.42. The van der Waals surface area contributed by atoms with Crippen LogP contribution in [-0.4, -0.2) is 9.75 Å². The Bertz CT molecular complexity index is 323. The van der Waals surface area contributed by atoms with Crippen molar-refractivity contribution in [2.24, 2.45) is 5.92 Å². The Morgan fingerprint density at radius 1 is 1.06 bits per heavy atom. The highest BCUT2D eigenvalue weighted by atomic mass is 35.5. The lowest BCUT2D eigenvalue weighted by atomic mass is 9.61. The Kier molecular flexibility index (Phi) is 2.79. The van der Waals surface area contributed by atoms with Crippen LogP contribution >= 0.6 is 23.2 Å². The minimum absolute atomic E-state index is 0.128. The van der Waals surface area contributed by atoms with Gasteiger partial charge >= 0.3 is 0 Å². The lowest BCUT2D eigenvalue weighted by Crippen LogP contribution is -2.56. The van der Waals surface area contributed by atoms with E-state index in [2.05, 4.69) is 6.08 Å². The smallest absolute Gasteiger partial charge is 0.0849 e. The average molecular weight is 259 g/mol. The molecule has 2 saturated carbocycles. The van der Waals surface area contributed by atoms with Gasteiger partial charge in [-0.25, -0.2) is 0 Å². The van der Waals surface area contributed by atoms with E-state index in [9.17, 15) is 0 Å². The minimum Gasteiger partial charge on any atom is -0.117 e. The summed E-state index contributed by atoms with van der Waals surface area (Å²) in [5, 5.41) is 0. The molecule has 0 aliphatic heterocycles. The van der Waals surface area contributed by atoms with Gasteiger partial charge in [0.1, 0.15) is 0 Å². The molecule has 0 saturated heterocycles. The highest BCUT2D eigenvalue weighted by molar-refractivity contribution is 6.36. The number of hydrogen-bond acceptors (Lipinski definition) is 0. The van der Waals surface area contributed by atoms with Crippen molar-refractivity contribution >= 4 is 23.2 Å². The fourth-order valence-electron chi connectivity index (χ4n) is 4.10. The van der Waals surface area contributed by atoms with Gasteiger partial charge in [0, 0.05) is 0 Å². The molecule has 0 heterocycles. The van der Waals surface area contributed by atoms with Gasteiger partial charge in [0.25, 0.3) is 0 Å². The molecule has 3 aliphatic carbocycles. The van der Waals surface area contributed by atoms with E-state index >= 15 is 0 Å². The molecule has 3 atom stereocenters. The molecule has 0 aromatic carbocycles. The molecular weight excluding hydrogens is 239 g/mol. The summed E-state index contributed by atoms with van der Waals surface area (Å²) in [6.07, 6.45) is 13.4. The van der Waals surface area contributed by atoms with E-state index in [1.165, 1.54) is 50.5 Å². The van der Waals surface area contributed by atoms with Crippen LogP contribution in [-0.2, 0) is 0 Å². The van der Waals surface area contributed by atoms with Crippen LogP contribution in [0, 0.1) is 5.92 Å². The molecule has 2 heteroatoms. The van der Waals surface area contributed by atoms with Crippen LogP contribution in [0.3, 0.4) is 0 Å². The maximum atomic E-state index is 7.02. The van der Waals surface area contributed by atoms with Gasteiger partial charge in [0.15, 0.2) is 0 Å². The van der Waals surface area contributed by atoms with Crippen molar-refractivity contribution in [3.8, 4) is 0 Å². The molecule has 0 radical (unpaired) electrons. The molecule has 3 rings (SSSR count). The highest BCUT2D eigenvalue weighted by Gasteiger charge is 2.57. The molecule has 0 aromatic heterocycles. The molecule has 0 aromatic rings. The number of rotatable bonds is 0. The molecule has 0 N–H and O–H groups in total. The van der Waals surface area contributed by atoms with Gasteiger partial charge in [-0.05, 0) is 44.4 Å². The van der Waals surface area contributed by atoms with Gasteiger partial charge in [0.05, 0.1) is 9.75 Å². The fraction of sp³-hybridized carbons (Fsp3) is 0.857. The molecule has 0 nitrogen and oxygen atoms in total.